The quantitative estimate of drug-likeness (QED) is 0.107. The van der Waals surface area contributed by atoms with Gasteiger partial charge in [0.25, 0.3) is 0 Å². The van der Waals surface area contributed by atoms with Crippen LogP contribution in [0.2, 0.25) is 0 Å². The van der Waals surface area contributed by atoms with Gasteiger partial charge in [0.1, 0.15) is 13.2 Å². The van der Waals surface area contributed by atoms with Crippen molar-refractivity contribution in [1.29, 1.82) is 0 Å². The van der Waals surface area contributed by atoms with Crippen molar-refractivity contribution in [3.63, 3.8) is 0 Å². The number of carbonyl (C=O) groups is 3. The van der Waals surface area contributed by atoms with Gasteiger partial charge in [-0.3, -0.25) is 14.4 Å². The highest BCUT2D eigenvalue weighted by Crippen LogP contribution is 2.36. The number of carboxylic acids is 2. The van der Waals surface area contributed by atoms with Crippen molar-refractivity contribution in [2.75, 3.05) is 13.1 Å². The van der Waals surface area contributed by atoms with Crippen LogP contribution in [0.15, 0.2) is 85.2 Å². The molecule has 0 bridgehead atoms. The van der Waals surface area contributed by atoms with Crippen LogP contribution in [0.5, 0.6) is 11.8 Å². The lowest BCUT2D eigenvalue weighted by Gasteiger charge is -2.32. The van der Waals surface area contributed by atoms with Gasteiger partial charge >= 0.3 is 24.3 Å². The Labute approximate surface area is 299 Å². The predicted octanol–water partition coefficient (Wildman–Crippen LogP) is 7.12. The average molecular weight is 748 g/mol. The Morgan fingerprint density at radius 3 is 1.58 bits per heavy atom. The van der Waals surface area contributed by atoms with E-state index in [2.05, 4.69) is 15.3 Å². The Morgan fingerprint density at radius 2 is 1.23 bits per heavy atom. The second-order valence-corrected chi connectivity index (χ2v) is 12.3. The van der Waals surface area contributed by atoms with E-state index in [9.17, 15) is 40.7 Å². The minimum absolute atomic E-state index is 0.000810. The van der Waals surface area contributed by atoms with Gasteiger partial charge in [-0.25, -0.2) is 9.97 Å². The van der Waals surface area contributed by atoms with Crippen LogP contribution in [0.3, 0.4) is 0 Å². The van der Waals surface area contributed by atoms with Gasteiger partial charge in [-0.15, -0.1) is 0 Å². The summed E-state index contributed by atoms with van der Waals surface area (Å²) >= 11 is 0. The second kappa shape index (κ2) is 18.3. The summed E-state index contributed by atoms with van der Waals surface area (Å²) < 4.78 is 86.4. The van der Waals surface area contributed by atoms with Gasteiger partial charge in [-0.05, 0) is 72.2 Å². The summed E-state index contributed by atoms with van der Waals surface area (Å²) in [6.07, 6.45) is -2.98. The number of benzene rings is 2. The normalized spacial score (nSPS) is 16.6. The van der Waals surface area contributed by atoms with E-state index < -0.39 is 35.4 Å². The number of hydrogen-bond donors (Lipinski definition) is 3. The molecule has 282 valence electrons. The van der Waals surface area contributed by atoms with Gasteiger partial charge in [-0.2, -0.15) is 26.3 Å². The van der Waals surface area contributed by atoms with Crippen LogP contribution in [0.25, 0.3) is 0 Å². The summed E-state index contributed by atoms with van der Waals surface area (Å²) in [5.74, 6) is -0.828. The molecule has 0 spiro atoms. The third-order valence-corrected chi connectivity index (χ3v) is 8.21. The summed E-state index contributed by atoms with van der Waals surface area (Å²) in [7, 11) is 0. The highest BCUT2D eigenvalue weighted by Gasteiger charge is 2.34. The number of aromatic nitrogens is 2. The average Bonchev–Trinajstić information content (AvgIpc) is 3.07. The number of aldehydes is 1. The number of aliphatic carboxylic acids is 2. The van der Waals surface area contributed by atoms with Gasteiger partial charge in [0, 0.05) is 43.2 Å². The zero-order chi connectivity index (χ0) is 38.6. The van der Waals surface area contributed by atoms with Crippen molar-refractivity contribution in [2.24, 2.45) is 17.8 Å². The molecule has 1 saturated carbocycles. The molecule has 3 N–H and O–H groups in total. The van der Waals surface area contributed by atoms with E-state index in [1.807, 2.05) is 6.07 Å². The molecule has 10 nitrogen and oxygen atoms in total. The number of halogens is 6. The molecule has 0 amide bonds. The number of nitrogens with zero attached hydrogens (tertiary/aromatic N) is 2. The summed E-state index contributed by atoms with van der Waals surface area (Å²) in [5, 5.41) is 19.9. The number of pyridine rings is 2. The lowest BCUT2D eigenvalue weighted by atomic mass is 9.72. The van der Waals surface area contributed by atoms with Gasteiger partial charge < -0.3 is 25.0 Å². The van der Waals surface area contributed by atoms with E-state index in [0.717, 1.165) is 36.2 Å². The van der Waals surface area contributed by atoms with E-state index in [1.54, 1.807) is 18.3 Å². The molecule has 4 aromatic rings. The zero-order valence-corrected chi connectivity index (χ0v) is 27.9. The van der Waals surface area contributed by atoms with Gasteiger partial charge in [-0.1, -0.05) is 30.3 Å². The number of ether oxygens (including phenoxy) is 2. The lowest BCUT2D eigenvalue weighted by Crippen LogP contribution is -2.46. The van der Waals surface area contributed by atoms with Crippen molar-refractivity contribution in [3.8, 4) is 11.8 Å². The molecule has 2 aromatic heterocycles. The smallest absolute Gasteiger partial charge is 0.416 e. The molecule has 6 rings (SSSR count). The largest absolute Gasteiger partial charge is 0.481 e. The van der Waals surface area contributed by atoms with Crippen LogP contribution in [0.1, 0.15) is 51.0 Å². The summed E-state index contributed by atoms with van der Waals surface area (Å²) in [4.78, 5) is 39.2. The first-order valence-electron chi connectivity index (χ1n) is 16.2. The lowest BCUT2D eigenvalue weighted by molar-refractivity contribution is -0.146. The van der Waals surface area contributed by atoms with Crippen LogP contribution < -0.4 is 14.8 Å². The summed E-state index contributed by atoms with van der Waals surface area (Å²) in [6, 6.07) is 16.4. The van der Waals surface area contributed by atoms with Crippen LogP contribution >= 0.6 is 0 Å². The molecule has 2 aliphatic rings. The number of alkyl halides is 6. The SMILES string of the molecule is O=C(O)C1CC(Cc2ccc(OCc3cccc(C(F)(F)F)c3)nc2)C1.O=C(O)C1CNC1.O=Cc1ccc(OCc2cccc(C(F)(F)F)c2)nc1. The maximum atomic E-state index is 12.7. The standard InChI is InChI=1S/C19H18F3NO3.C14H10F3NO2.C4H7NO2/c20-19(21,22)16-3-1-2-13(9-16)11-26-17-5-4-12(10-23-17)6-14-7-15(8-14)18(24)25;15-14(16,17)12-3-1-2-10(6-12)9-20-13-5-4-11(8-19)7-18-13;6-4(7)3-1-5-2-3/h1-5,9-10,14-15H,6-8,11H2,(H,24,25);1-8H,9H2;3,5H,1-2H2,(H,6,7). The van der Waals surface area contributed by atoms with Crippen molar-refractivity contribution in [3.05, 3.63) is 119 Å². The van der Waals surface area contributed by atoms with E-state index >= 15 is 0 Å². The molecule has 0 atom stereocenters. The molecule has 1 aliphatic carbocycles. The van der Waals surface area contributed by atoms with Gasteiger partial charge in [0.2, 0.25) is 11.8 Å². The first kappa shape index (κ1) is 40.3. The number of hydrogen-bond acceptors (Lipinski definition) is 8. The molecule has 0 unspecified atom stereocenters. The Balaban J connectivity index is 0.000000204. The van der Waals surface area contributed by atoms with Crippen LogP contribution in [0.4, 0.5) is 26.3 Å². The second-order valence-electron chi connectivity index (χ2n) is 12.3. The minimum atomic E-state index is -4.38. The molecular weight excluding hydrogens is 712 g/mol. The van der Waals surface area contributed by atoms with E-state index in [4.69, 9.17) is 19.7 Å². The first-order chi connectivity index (χ1) is 25.1. The Hall–Kier alpha value is -5.51. The minimum Gasteiger partial charge on any atom is -0.481 e. The summed E-state index contributed by atoms with van der Waals surface area (Å²) in [6.45, 7) is 1.27. The fourth-order valence-corrected chi connectivity index (χ4v) is 5.05. The number of carbonyl (C=O) groups excluding carboxylic acids is 1. The topological polar surface area (TPSA) is 148 Å². The van der Waals surface area contributed by atoms with E-state index in [-0.39, 0.29) is 30.9 Å². The molecule has 2 fully saturated rings. The monoisotopic (exact) mass is 747 g/mol. The van der Waals surface area contributed by atoms with E-state index in [1.165, 1.54) is 36.5 Å². The van der Waals surface area contributed by atoms with Crippen molar-refractivity contribution in [1.82, 2.24) is 15.3 Å². The van der Waals surface area contributed by atoms with Crippen LogP contribution in [0, 0.1) is 17.8 Å². The molecule has 1 saturated heterocycles. The third-order valence-electron chi connectivity index (χ3n) is 8.21. The molecule has 16 heteroatoms. The number of rotatable bonds is 11. The Kier molecular flexibility index (Phi) is 13.9. The zero-order valence-electron chi connectivity index (χ0n) is 27.9. The van der Waals surface area contributed by atoms with Gasteiger partial charge in [0.05, 0.1) is 23.0 Å². The van der Waals surface area contributed by atoms with E-state index in [0.29, 0.717) is 60.7 Å². The van der Waals surface area contributed by atoms with Crippen LogP contribution in [-0.2, 0) is 41.6 Å². The fourth-order valence-electron chi connectivity index (χ4n) is 5.05. The molecule has 53 heavy (non-hydrogen) atoms. The Morgan fingerprint density at radius 1 is 0.717 bits per heavy atom. The molecule has 1 aliphatic heterocycles. The molecule has 0 radical (unpaired) electrons. The van der Waals surface area contributed by atoms with Crippen molar-refractivity contribution in [2.45, 2.75) is 44.8 Å². The number of carboxylic acid groups (broad SMARTS) is 2. The Bertz CT molecular complexity index is 1810. The maximum Gasteiger partial charge on any atom is 0.416 e. The van der Waals surface area contributed by atoms with Crippen molar-refractivity contribution >= 4 is 18.2 Å². The number of nitrogens with one attached hydrogen (secondary N) is 1. The third kappa shape index (κ3) is 12.9. The van der Waals surface area contributed by atoms with Gasteiger partial charge in [0.15, 0.2) is 6.29 Å². The predicted molar refractivity (Wildman–Crippen MR) is 177 cm³/mol. The highest BCUT2D eigenvalue weighted by molar-refractivity contribution is 5.74. The molecule has 2 aromatic carbocycles. The highest BCUT2D eigenvalue weighted by atomic mass is 19.4. The maximum absolute atomic E-state index is 12.7. The van der Waals surface area contributed by atoms with Crippen LogP contribution in [-0.4, -0.2) is 51.5 Å². The summed E-state index contributed by atoms with van der Waals surface area (Å²) in [5.41, 5.74) is 0.771. The first-order valence-corrected chi connectivity index (χ1v) is 16.2. The van der Waals surface area contributed by atoms with Crippen molar-refractivity contribution < 1.29 is 60.4 Å². The molecule has 3 heterocycles. The molecular formula is C37H35F6N3O7. The fraction of sp³-hybridized carbons (Fsp3) is 0.324.